The monoisotopic (exact) mass is 256 g/mol. The quantitative estimate of drug-likeness (QED) is 0.575. The molecule has 0 spiro atoms. The number of ether oxygens (including phenoxy) is 2. The lowest BCUT2D eigenvalue weighted by Crippen LogP contribution is -2.49. The fourth-order valence-corrected chi connectivity index (χ4v) is 2.31. The van der Waals surface area contributed by atoms with Crippen LogP contribution in [0.25, 0.3) is 0 Å². The Morgan fingerprint density at radius 3 is 2.06 bits per heavy atom. The van der Waals surface area contributed by atoms with E-state index in [-0.39, 0.29) is 0 Å². The second-order valence-corrected chi connectivity index (χ2v) is 4.71. The third kappa shape index (κ3) is 2.10. The van der Waals surface area contributed by atoms with Crippen LogP contribution in [0.1, 0.15) is 13.8 Å². The molecule has 6 nitrogen and oxygen atoms in total. The van der Waals surface area contributed by atoms with Gasteiger partial charge < -0.3 is 14.6 Å². The van der Waals surface area contributed by atoms with Gasteiger partial charge in [-0.3, -0.25) is 14.4 Å². The topological polar surface area (TPSA) is 89.9 Å². The lowest BCUT2D eigenvalue weighted by molar-refractivity contribution is -0.161. The molecule has 0 aliphatic heterocycles. The van der Waals surface area contributed by atoms with Gasteiger partial charge in [-0.05, 0) is 0 Å². The second kappa shape index (κ2) is 4.80. The maximum Gasteiger partial charge on any atom is 0.317 e. The van der Waals surface area contributed by atoms with Crippen molar-refractivity contribution < 1.29 is 29.0 Å². The Morgan fingerprint density at radius 1 is 1.17 bits per heavy atom. The summed E-state index contributed by atoms with van der Waals surface area (Å²) < 4.78 is 9.16. The Morgan fingerprint density at radius 2 is 1.61 bits per heavy atom. The van der Waals surface area contributed by atoms with Crippen LogP contribution in [0, 0.1) is 17.3 Å². The fourth-order valence-electron chi connectivity index (χ4n) is 2.31. The molecule has 1 N–H and O–H groups in total. The highest BCUT2D eigenvalue weighted by Crippen LogP contribution is 2.44. The first kappa shape index (κ1) is 14.2. The van der Waals surface area contributed by atoms with Gasteiger partial charge in [0.25, 0.3) is 0 Å². The Kier molecular flexibility index (Phi) is 3.79. The zero-order valence-corrected chi connectivity index (χ0v) is 10.7. The molecule has 0 radical (unpaired) electrons. The third-order valence-electron chi connectivity index (χ3n) is 3.23. The zero-order valence-electron chi connectivity index (χ0n) is 10.7. The number of esters is 2. The van der Waals surface area contributed by atoms with Crippen LogP contribution in [-0.4, -0.2) is 37.0 Å². The van der Waals surface area contributed by atoms with E-state index in [0.717, 1.165) is 13.2 Å². The van der Waals surface area contributed by atoms with Crippen LogP contribution in [0.4, 0.5) is 0 Å². The molecule has 0 aromatic carbocycles. The van der Waals surface area contributed by atoms with Crippen LogP contribution in [0.5, 0.6) is 0 Å². The summed E-state index contributed by atoms with van der Waals surface area (Å²) in [5.41, 5.74) is -1.11. The Bertz CT molecular complexity index is 420. The molecule has 0 bridgehead atoms. The first-order valence-corrected chi connectivity index (χ1v) is 5.37. The van der Waals surface area contributed by atoms with Crippen LogP contribution in [0.15, 0.2) is 11.8 Å². The highest BCUT2D eigenvalue weighted by Gasteiger charge is 2.53. The summed E-state index contributed by atoms with van der Waals surface area (Å²) in [5, 5.41) is 9.74. The number of hydrogen-bond acceptors (Lipinski definition) is 6. The molecular formula is C12H16O6. The van der Waals surface area contributed by atoms with E-state index in [9.17, 15) is 19.5 Å². The minimum atomic E-state index is -1.14. The van der Waals surface area contributed by atoms with Crippen LogP contribution < -0.4 is 0 Å². The number of hydrogen-bond donors (Lipinski definition) is 1. The van der Waals surface area contributed by atoms with Crippen molar-refractivity contribution in [3.05, 3.63) is 11.8 Å². The Balaban J connectivity index is 3.30. The molecule has 1 rings (SSSR count). The Labute approximate surface area is 105 Å². The number of allylic oxidation sites excluding steroid dienone is 1. The van der Waals surface area contributed by atoms with Crippen LogP contribution >= 0.6 is 0 Å². The first-order chi connectivity index (χ1) is 8.27. The van der Waals surface area contributed by atoms with E-state index >= 15 is 0 Å². The molecule has 0 heterocycles. The molecule has 0 saturated carbocycles. The maximum absolute atomic E-state index is 11.8. The van der Waals surface area contributed by atoms with Crippen molar-refractivity contribution in [2.24, 2.45) is 17.3 Å². The van der Waals surface area contributed by atoms with Crippen molar-refractivity contribution in [2.75, 3.05) is 14.2 Å². The average Bonchev–Trinajstić information content (AvgIpc) is 2.26. The molecule has 6 heteroatoms. The number of carbonyl (C=O) groups is 3. The van der Waals surface area contributed by atoms with E-state index in [1.165, 1.54) is 21.0 Å². The number of rotatable bonds is 2. The predicted molar refractivity (Wildman–Crippen MR) is 60.5 cm³/mol. The average molecular weight is 256 g/mol. The molecule has 2 atom stereocenters. The third-order valence-corrected chi connectivity index (χ3v) is 3.23. The molecule has 1 aliphatic rings. The molecule has 2 unspecified atom stereocenters. The highest BCUT2D eigenvalue weighted by molar-refractivity contribution is 6.08. The summed E-state index contributed by atoms with van der Waals surface area (Å²) in [4.78, 5) is 35.1. The molecule has 0 saturated heterocycles. The van der Waals surface area contributed by atoms with Gasteiger partial charge in [0.2, 0.25) is 0 Å². The van der Waals surface area contributed by atoms with Crippen molar-refractivity contribution in [3.63, 3.8) is 0 Å². The minimum absolute atomic E-state index is 0.392. The van der Waals surface area contributed by atoms with Gasteiger partial charge in [0.05, 0.1) is 14.2 Å². The summed E-state index contributed by atoms with van der Waals surface area (Å²) in [5.74, 6) is -4.61. The molecule has 0 aromatic heterocycles. The van der Waals surface area contributed by atoms with Crippen molar-refractivity contribution in [1.29, 1.82) is 0 Å². The standard InChI is InChI=1S/C12H16O6/c1-12(2)8(10(15)17-3)6(13)5-7(14)9(12)11(16)18-4/h5,8-9,13H,1-4H3. The normalized spacial score (nSPS) is 26.2. The van der Waals surface area contributed by atoms with Gasteiger partial charge >= 0.3 is 11.9 Å². The number of aliphatic hydroxyl groups excluding tert-OH is 1. The van der Waals surface area contributed by atoms with Crippen molar-refractivity contribution >= 4 is 17.7 Å². The van der Waals surface area contributed by atoms with Crippen molar-refractivity contribution in [2.45, 2.75) is 13.8 Å². The lowest BCUT2D eigenvalue weighted by Gasteiger charge is -2.38. The van der Waals surface area contributed by atoms with Crippen molar-refractivity contribution in [3.8, 4) is 0 Å². The molecule has 1 aliphatic carbocycles. The van der Waals surface area contributed by atoms with E-state index < -0.39 is 40.7 Å². The van der Waals surface area contributed by atoms with Gasteiger partial charge in [-0.15, -0.1) is 0 Å². The summed E-state index contributed by atoms with van der Waals surface area (Å²) in [6.45, 7) is 3.08. The SMILES string of the molecule is COC(=O)C1C(=O)C=C(O)C(C(=O)OC)C1(C)C. The first-order valence-electron chi connectivity index (χ1n) is 5.37. The summed E-state index contributed by atoms with van der Waals surface area (Å²) in [6, 6.07) is 0. The van der Waals surface area contributed by atoms with E-state index in [4.69, 9.17) is 0 Å². The number of aliphatic hydroxyl groups is 1. The predicted octanol–water partition coefficient (Wildman–Crippen LogP) is 0.616. The van der Waals surface area contributed by atoms with Crippen LogP contribution in [-0.2, 0) is 23.9 Å². The minimum Gasteiger partial charge on any atom is -0.511 e. The summed E-state index contributed by atoms with van der Waals surface area (Å²) in [7, 11) is 2.34. The second-order valence-electron chi connectivity index (χ2n) is 4.71. The Hall–Kier alpha value is -1.85. The lowest BCUT2D eigenvalue weighted by atomic mass is 9.63. The smallest absolute Gasteiger partial charge is 0.317 e. The maximum atomic E-state index is 11.8. The van der Waals surface area contributed by atoms with Gasteiger partial charge in [0.1, 0.15) is 17.6 Å². The molecular weight excluding hydrogens is 240 g/mol. The molecule has 18 heavy (non-hydrogen) atoms. The number of carbonyl (C=O) groups excluding carboxylic acids is 3. The molecule has 100 valence electrons. The fraction of sp³-hybridized carbons (Fsp3) is 0.583. The van der Waals surface area contributed by atoms with Gasteiger partial charge in [0.15, 0.2) is 5.78 Å². The largest absolute Gasteiger partial charge is 0.511 e. The summed E-state index contributed by atoms with van der Waals surface area (Å²) in [6.07, 6.45) is 0.883. The highest BCUT2D eigenvalue weighted by atomic mass is 16.5. The van der Waals surface area contributed by atoms with Gasteiger partial charge in [-0.25, -0.2) is 0 Å². The molecule has 0 aromatic rings. The van der Waals surface area contributed by atoms with Crippen LogP contribution in [0.3, 0.4) is 0 Å². The molecule has 0 fully saturated rings. The van der Waals surface area contributed by atoms with Gasteiger partial charge in [0, 0.05) is 11.5 Å². The van der Waals surface area contributed by atoms with Gasteiger partial charge in [-0.1, -0.05) is 13.8 Å². The number of methoxy groups -OCH3 is 2. The number of ketones is 1. The van der Waals surface area contributed by atoms with Crippen LogP contribution in [0.2, 0.25) is 0 Å². The van der Waals surface area contributed by atoms with E-state index in [1.54, 1.807) is 0 Å². The van der Waals surface area contributed by atoms with E-state index in [2.05, 4.69) is 9.47 Å². The van der Waals surface area contributed by atoms with E-state index in [0.29, 0.717) is 0 Å². The molecule has 0 amide bonds. The van der Waals surface area contributed by atoms with Crippen molar-refractivity contribution in [1.82, 2.24) is 0 Å². The zero-order chi connectivity index (χ0) is 14.1. The summed E-state index contributed by atoms with van der Waals surface area (Å²) >= 11 is 0. The van der Waals surface area contributed by atoms with Gasteiger partial charge in [-0.2, -0.15) is 0 Å². The van der Waals surface area contributed by atoms with E-state index in [1.807, 2.05) is 0 Å².